The molecule has 0 aliphatic carbocycles. The number of rotatable bonds is 4. The zero-order valence-electron chi connectivity index (χ0n) is 11.8. The Hall–Kier alpha value is -0.910. The van der Waals surface area contributed by atoms with E-state index in [0.29, 0.717) is 23.6 Å². The van der Waals surface area contributed by atoms with Gasteiger partial charge in [0.25, 0.3) is 0 Å². The summed E-state index contributed by atoms with van der Waals surface area (Å²) in [5.41, 5.74) is 0. The van der Waals surface area contributed by atoms with Crippen LogP contribution in [0.1, 0.15) is 18.7 Å². The van der Waals surface area contributed by atoms with E-state index < -0.39 is 0 Å². The topological polar surface area (TPSA) is 41.5 Å². The Morgan fingerprint density at radius 3 is 3.00 bits per heavy atom. The number of ether oxygens (including phenoxy) is 1. The predicted molar refractivity (Wildman–Crippen MR) is 76.7 cm³/mol. The number of hydrogen-bond donors (Lipinski definition) is 0. The smallest absolute Gasteiger partial charge is 0.158 e. The molecule has 1 aliphatic heterocycles. The van der Waals surface area contributed by atoms with Crippen LogP contribution in [0.3, 0.4) is 0 Å². The lowest BCUT2D eigenvalue weighted by atomic mass is 10.1. The summed E-state index contributed by atoms with van der Waals surface area (Å²) < 4.78 is 5.07. The molecule has 19 heavy (non-hydrogen) atoms. The van der Waals surface area contributed by atoms with Crippen molar-refractivity contribution >= 4 is 17.4 Å². The lowest BCUT2D eigenvalue weighted by Crippen LogP contribution is -2.45. The van der Waals surface area contributed by atoms with Gasteiger partial charge in [0, 0.05) is 32.8 Å². The fourth-order valence-electron chi connectivity index (χ4n) is 2.47. The molecule has 1 aromatic rings. The van der Waals surface area contributed by atoms with Gasteiger partial charge in [-0.2, -0.15) is 0 Å². The highest BCUT2D eigenvalue weighted by Crippen LogP contribution is 2.21. The first kappa shape index (κ1) is 14.5. The maximum atomic E-state index is 6.05. The van der Waals surface area contributed by atoms with Gasteiger partial charge in [0.05, 0.1) is 0 Å². The first-order chi connectivity index (χ1) is 9.10. The largest absolute Gasteiger partial charge is 0.377 e. The van der Waals surface area contributed by atoms with Crippen LogP contribution in [0.25, 0.3) is 0 Å². The average Bonchev–Trinajstić information content (AvgIpc) is 2.37. The Balaban J connectivity index is 2.15. The van der Waals surface area contributed by atoms with Gasteiger partial charge in [-0.15, -0.1) is 0 Å². The SMILES string of the molecule is COCc1nc(Cl)cc(N(C)C2CCCN(C)C2)n1. The lowest BCUT2D eigenvalue weighted by molar-refractivity contribution is 0.177. The van der Waals surface area contributed by atoms with Gasteiger partial charge in [-0.1, -0.05) is 11.6 Å². The summed E-state index contributed by atoms with van der Waals surface area (Å²) >= 11 is 6.05. The molecule has 5 nitrogen and oxygen atoms in total. The molecule has 1 aliphatic rings. The monoisotopic (exact) mass is 284 g/mol. The van der Waals surface area contributed by atoms with E-state index in [2.05, 4.69) is 33.9 Å². The standard InChI is InChI=1S/C13H21ClN4O/c1-17-6-4-5-10(8-17)18(2)13-7-11(14)15-12(16-13)9-19-3/h7,10H,4-6,8-9H2,1-3H3. The van der Waals surface area contributed by atoms with Crippen molar-refractivity contribution in [3.05, 3.63) is 17.0 Å². The van der Waals surface area contributed by atoms with Gasteiger partial charge in [0.15, 0.2) is 5.82 Å². The Labute approximate surface area is 119 Å². The summed E-state index contributed by atoms with van der Waals surface area (Å²) in [5, 5.41) is 0.466. The Morgan fingerprint density at radius 1 is 1.53 bits per heavy atom. The van der Waals surface area contributed by atoms with Crippen LogP contribution in [0.4, 0.5) is 5.82 Å². The van der Waals surface area contributed by atoms with Crippen LogP contribution in [0.15, 0.2) is 6.07 Å². The van der Waals surface area contributed by atoms with Gasteiger partial charge in [-0.25, -0.2) is 9.97 Å². The minimum absolute atomic E-state index is 0.381. The minimum atomic E-state index is 0.381. The first-order valence-corrected chi connectivity index (χ1v) is 6.91. The highest BCUT2D eigenvalue weighted by Gasteiger charge is 2.22. The average molecular weight is 285 g/mol. The molecule has 1 saturated heterocycles. The van der Waals surface area contributed by atoms with Gasteiger partial charge in [-0.3, -0.25) is 0 Å². The van der Waals surface area contributed by atoms with Crippen LogP contribution in [0.5, 0.6) is 0 Å². The molecule has 0 N–H and O–H groups in total. The van der Waals surface area contributed by atoms with E-state index in [1.807, 2.05) is 6.07 Å². The van der Waals surface area contributed by atoms with Crippen molar-refractivity contribution < 1.29 is 4.74 Å². The van der Waals surface area contributed by atoms with Crippen LogP contribution in [0, 0.1) is 0 Å². The maximum absolute atomic E-state index is 6.05. The molecule has 0 radical (unpaired) electrons. The number of nitrogens with zero attached hydrogens (tertiary/aromatic N) is 4. The van der Waals surface area contributed by atoms with E-state index in [0.717, 1.165) is 12.4 Å². The van der Waals surface area contributed by atoms with E-state index >= 15 is 0 Å². The summed E-state index contributed by atoms with van der Waals surface area (Å²) in [6.45, 7) is 2.60. The molecule has 0 bridgehead atoms. The maximum Gasteiger partial charge on any atom is 0.158 e. The van der Waals surface area contributed by atoms with Crippen molar-refractivity contribution in [2.24, 2.45) is 0 Å². The van der Waals surface area contributed by atoms with E-state index in [9.17, 15) is 0 Å². The van der Waals surface area contributed by atoms with E-state index in [1.165, 1.54) is 19.4 Å². The number of likely N-dealkylation sites (tertiary alicyclic amines) is 1. The molecule has 2 rings (SSSR count). The van der Waals surface area contributed by atoms with E-state index in [1.54, 1.807) is 7.11 Å². The zero-order chi connectivity index (χ0) is 13.8. The quantitative estimate of drug-likeness (QED) is 0.789. The summed E-state index contributed by atoms with van der Waals surface area (Å²) in [5.74, 6) is 1.49. The van der Waals surface area contributed by atoms with Crippen LogP contribution in [-0.4, -0.2) is 55.2 Å². The fraction of sp³-hybridized carbons (Fsp3) is 0.692. The molecule has 0 saturated carbocycles. The third-order valence-corrected chi connectivity index (χ3v) is 3.70. The minimum Gasteiger partial charge on any atom is -0.377 e. The number of anilines is 1. The second-order valence-corrected chi connectivity index (χ2v) is 5.45. The van der Waals surface area contributed by atoms with Gasteiger partial charge in [-0.05, 0) is 26.4 Å². The van der Waals surface area contributed by atoms with Gasteiger partial charge >= 0.3 is 0 Å². The van der Waals surface area contributed by atoms with Gasteiger partial charge in [0.1, 0.15) is 17.6 Å². The first-order valence-electron chi connectivity index (χ1n) is 6.54. The van der Waals surface area contributed by atoms with Crippen molar-refractivity contribution in [2.75, 3.05) is 39.2 Å². The molecule has 0 spiro atoms. The molecule has 106 valence electrons. The van der Waals surface area contributed by atoms with Crippen molar-refractivity contribution in [1.82, 2.24) is 14.9 Å². The van der Waals surface area contributed by atoms with Crippen molar-refractivity contribution in [1.29, 1.82) is 0 Å². The molecule has 0 amide bonds. The third-order valence-electron chi connectivity index (χ3n) is 3.51. The second-order valence-electron chi connectivity index (χ2n) is 5.07. The molecule has 1 unspecified atom stereocenters. The summed E-state index contributed by atoms with van der Waals surface area (Å²) in [4.78, 5) is 13.2. The van der Waals surface area contributed by atoms with Gasteiger partial charge in [0.2, 0.25) is 0 Å². The Morgan fingerprint density at radius 2 is 2.32 bits per heavy atom. The van der Waals surface area contributed by atoms with E-state index in [4.69, 9.17) is 16.3 Å². The number of likely N-dealkylation sites (N-methyl/N-ethyl adjacent to an activating group) is 2. The Bertz CT molecular complexity index is 429. The predicted octanol–water partition coefficient (Wildman–Crippen LogP) is 1.81. The summed E-state index contributed by atoms with van der Waals surface area (Å²) in [7, 11) is 5.85. The molecule has 0 aromatic carbocycles. The number of aromatic nitrogens is 2. The zero-order valence-corrected chi connectivity index (χ0v) is 12.5. The molecular formula is C13H21ClN4O. The molecule has 1 atom stereocenters. The van der Waals surface area contributed by atoms with Crippen LogP contribution in [0.2, 0.25) is 5.15 Å². The van der Waals surface area contributed by atoms with Gasteiger partial charge < -0.3 is 14.5 Å². The molecule has 1 fully saturated rings. The van der Waals surface area contributed by atoms with E-state index in [-0.39, 0.29) is 0 Å². The number of hydrogen-bond acceptors (Lipinski definition) is 5. The number of piperidine rings is 1. The highest BCUT2D eigenvalue weighted by atomic mass is 35.5. The fourth-order valence-corrected chi connectivity index (χ4v) is 2.66. The summed E-state index contributed by atoms with van der Waals surface area (Å²) in [6, 6.07) is 2.29. The lowest BCUT2D eigenvalue weighted by Gasteiger charge is -2.36. The van der Waals surface area contributed by atoms with Crippen molar-refractivity contribution in [3.63, 3.8) is 0 Å². The van der Waals surface area contributed by atoms with Crippen molar-refractivity contribution in [3.8, 4) is 0 Å². The van der Waals surface area contributed by atoms with Crippen LogP contribution < -0.4 is 4.90 Å². The third kappa shape index (κ3) is 3.78. The highest BCUT2D eigenvalue weighted by molar-refractivity contribution is 6.29. The molecular weight excluding hydrogens is 264 g/mol. The van der Waals surface area contributed by atoms with Crippen LogP contribution >= 0.6 is 11.6 Å². The normalized spacial score (nSPS) is 20.5. The Kier molecular flexibility index (Phi) is 4.96. The molecule has 2 heterocycles. The molecule has 6 heteroatoms. The second kappa shape index (κ2) is 6.50. The number of halogens is 1. The van der Waals surface area contributed by atoms with Crippen molar-refractivity contribution in [2.45, 2.75) is 25.5 Å². The van der Waals surface area contributed by atoms with Crippen LogP contribution in [-0.2, 0) is 11.3 Å². The molecule has 1 aromatic heterocycles. The summed E-state index contributed by atoms with van der Waals surface area (Å²) in [6.07, 6.45) is 2.40. The number of methoxy groups -OCH3 is 1.